The summed E-state index contributed by atoms with van der Waals surface area (Å²) < 4.78 is 0. The molecule has 0 nitrogen and oxygen atoms in total. The topological polar surface area (TPSA) is 0 Å². The molecule has 0 N–H and O–H groups in total. The largest absolute Gasteiger partial charge is 0.142 e. The van der Waals surface area contributed by atoms with Crippen LogP contribution in [0, 0.1) is 11.8 Å². The van der Waals surface area contributed by atoms with Gasteiger partial charge in [0.05, 0.1) is 0 Å². The molecule has 6 rings (SSSR count). The fourth-order valence-corrected chi connectivity index (χ4v) is 9.65. The van der Waals surface area contributed by atoms with Crippen LogP contribution >= 0.6 is 48.8 Å². The van der Waals surface area contributed by atoms with Crippen LogP contribution in [0.5, 0.6) is 0 Å². The summed E-state index contributed by atoms with van der Waals surface area (Å²) >= 11 is 14.3. The Labute approximate surface area is 251 Å². The summed E-state index contributed by atoms with van der Waals surface area (Å²) in [6.07, 6.45) is 6.11. The second-order valence-electron chi connectivity index (χ2n) is 9.93. The standard InChI is InChI=1S/C35H30S4/c36-30(24-13-5-1-6-14-24)32(26-17-9-3-10-18-26)38-34-28-21-22-29(23-28)35(34)39-33(27-19-11-4-12-20-27)31(37)25-15-7-2-8-16-25/h1-22,28-29,34-37H,23H2/b32-30-,33-31-. The molecule has 194 valence electrons. The normalized spacial score (nSPS) is 22.9. The van der Waals surface area contributed by atoms with Gasteiger partial charge in [-0.25, -0.2) is 0 Å². The van der Waals surface area contributed by atoms with Gasteiger partial charge >= 0.3 is 0 Å². The van der Waals surface area contributed by atoms with Gasteiger partial charge in [-0.15, -0.1) is 48.8 Å². The lowest BCUT2D eigenvalue weighted by Crippen LogP contribution is -2.25. The Balaban J connectivity index is 1.40. The number of thiol groups is 2. The van der Waals surface area contributed by atoms with Crippen LogP contribution in [-0.2, 0) is 0 Å². The van der Waals surface area contributed by atoms with Gasteiger partial charge in [0.1, 0.15) is 0 Å². The van der Waals surface area contributed by atoms with Crippen LogP contribution in [0.3, 0.4) is 0 Å². The van der Waals surface area contributed by atoms with Gasteiger partial charge in [0.15, 0.2) is 0 Å². The molecular formula is C35H30S4. The lowest BCUT2D eigenvalue weighted by atomic mass is 10.1. The van der Waals surface area contributed by atoms with Crippen LogP contribution in [0.2, 0.25) is 0 Å². The van der Waals surface area contributed by atoms with Crippen molar-refractivity contribution >= 4 is 68.4 Å². The fraction of sp³-hybridized carbons (Fsp3) is 0.143. The van der Waals surface area contributed by atoms with Crippen molar-refractivity contribution in [2.45, 2.75) is 16.9 Å². The summed E-state index contributed by atoms with van der Waals surface area (Å²) in [5, 5.41) is 0.864. The predicted octanol–water partition coefficient (Wildman–Crippen LogP) is 10.3. The van der Waals surface area contributed by atoms with Crippen molar-refractivity contribution in [3.8, 4) is 0 Å². The van der Waals surface area contributed by atoms with Crippen molar-refractivity contribution < 1.29 is 0 Å². The van der Waals surface area contributed by atoms with E-state index in [0.29, 0.717) is 22.3 Å². The highest BCUT2D eigenvalue weighted by Gasteiger charge is 2.46. The Morgan fingerprint density at radius 2 is 0.769 bits per heavy atom. The molecule has 2 bridgehead atoms. The highest BCUT2D eigenvalue weighted by Crippen LogP contribution is 2.57. The Kier molecular flexibility index (Phi) is 8.46. The third kappa shape index (κ3) is 5.85. The number of allylic oxidation sites excluding steroid dienone is 2. The van der Waals surface area contributed by atoms with Crippen molar-refractivity contribution in [2.75, 3.05) is 0 Å². The first-order chi connectivity index (χ1) is 19.2. The molecular weight excluding hydrogens is 549 g/mol. The van der Waals surface area contributed by atoms with E-state index in [4.69, 9.17) is 25.3 Å². The minimum Gasteiger partial charge on any atom is -0.142 e. The first-order valence-corrected chi connectivity index (χ1v) is 15.9. The van der Waals surface area contributed by atoms with Crippen molar-refractivity contribution in [2.24, 2.45) is 11.8 Å². The maximum Gasteiger partial charge on any atom is 0.0287 e. The van der Waals surface area contributed by atoms with Gasteiger partial charge in [-0.3, -0.25) is 0 Å². The molecule has 0 saturated heterocycles. The second-order valence-corrected chi connectivity index (χ2v) is 13.2. The molecule has 4 aromatic carbocycles. The van der Waals surface area contributed by atoms with E-state index in [1.807, 2.05) is 23.5 Å². The van der Waals surface area contributed by atoms with Crippen LogP contribution in [0.25, 0.3) is 19.6 Å². The van der Waals surface area contributed by atoms with Gasteiger partial charge in [0.25, 0.3) is 0 Å². The minimum absolute atomic E-state index is 0.432. The summed E-state index contributed by atoms with van der Waals surface area (Å²) in [6, 6.07) is 42.6. The zero-order valence-corrected chi connectivity index (χ0v) is 24.9. The molecule has 0 spiro atoms. The van der Waals surface area contributed by atoms with E-state index in [0.717, 1.165) is 20.9 Å². The number of hydrogen-bond acceptors (Lipinski definition) is 4. The minimum atomic E-state index is 0.432. The van der Waals surface area contributed by atoms with Gasteiger partial charge in [0, 0.05) is 30.1 Å². The van der Waals surface area contributed by atoms with E-state index >= 15 is 0 Å². The molecule has 0 amide bonds. The smallest absolute Gasteiger partial charge is 0.0287 e. The zero-order chi connectivity index (χ0) is 26.6. The Morgan fingerprint density at radius 3 is 1.10 bits per heavy atom. The molecule has 0 radical (unpaired) electrons. The Bertz CT molecular complexity index is 1380. The molecule has 4 atom stereocenters. The second kappa shape index (κ2) is 12.3. The van der Waals surface area contributed by atoms with Crippen LogP contribution in [0.4, 0.5) is 0 Å². The van der Waals surface area contributed by atoms with E-state index < -0.39 is 0 Å². The highest BCUT2D eigenvalue weighted by molar-refractivity contribution is 8.14. The molecule has 1 fully saturated rings. The molecule has 4 aromatic rings. The van der Waals surface area contributed by atoms with Gasteiger partial charge in [0.2, 0.25) is 0 Å². The number of thioether (sulfide) groups is 2. The van der Waals surface area contributed by atoms with Gasteiger partial charge in [-0.2, -0.15) is 0 Å². The molecule has 0 aromatic heterocycles. The summed E-state index contributed by atoms with van der Waals surface area (Å²) in [4.78, 5) is 4.59. The zero-order valence-electron chi connectivity index (χ0n) is 21.4. The molecule has 2 aliphatic carbocycles. The number of benzene rings is 4. The third-order valence-electron chi connectivity index (χ3n) is 7.42. The SMILES string of the molecule is S/C(=C(\SC1C2C=CC(C2)C1S/C(=C(\S)c1ccccc1)c1ccccc1)c1ccccc1)c1ccccc1. The molecule has 0 aliphatic heterocycles. The van der Waals surface area contributed by atoms with Crippen LogP contribution in [0.1, 0.15) is 28.7 Å². The Morgan fingerprint density at radius 1 is 0.462 bits per heavy atom. The lowest BCUT2D eigenvalue weighted by molar-refractivity contribution is 0.697. The van der Waals surface area contributed by atoms with Crippen molar-refractivity contribution in [3.63, 3.8) is 0 Å². The van der Waals surface area contributed by atoms with Gasteiger partial charge in [-0.1, -0.05) is 133 Å². The van der Waals surface area contributed by atoms with Crippen molar-refractivity contribution in [1.82, 2.24) is 0 Å². The van der Waals surface area contributed by atoms with E-state index in [1.165, 1.54) is 27.4 Å². The van der Waals surface area contributed by atoms with E-state index in [-0.39, 0.29) is 0 Å². The van der Waals surface area contributed by atoms with E-state index in [2.05, 4.69) is 133 Å². The lowest BCUT2D eigenvalue weighted by Gasteiger charge is -2.30. The number of rotatable bonds is 8. The number of fused-ring (bicyclic) bond motifs is 2. The van der Waals surface area contributed by atoms with Crippen LogP contribution in [-0.4, -0.2) is 10.5 Å². The molecule has 1 saturated carbocycles. The van der Waals surface area contributed by atoms with E-state index in [1.54, 1.807) is 0 Å². The Hall–Kier alpha value is -2.50. The van der Waals surface area contributed by atoms with E-state index in [9.17, 15) is 0 Å². The number of hydrogen-bond donors (Lipinski definition) is 2. The summed E-state index contributed by atoms with van der Waals surface area (Å²) in [5.74, 6) is 1.09. The first-order valence-electron chi connectivity index (χ1n) is 13.3. The molecule has 4 unspecified atom stereocenters. The summed E-state index contributed by atoms with van der Waals surface area (Å²) in [6.45, 7) is 0. The predicted molar refractivity (Wildman–Crippen MR) is 181 cm³/mol. The van der Waals surface area contributed by atoms with Crippen LogP contribution in [0.15, 0.2) is 133 Å². The summed E-state index contributed by atoms with van der Waals surface area (Å²) in [7, 11) is 0. The fourth-order valence-electron chi connectivity index (χ4n) is 5.47. The average Bonchev–Trinajstić information content (AvgIpc) is 3.62. The van der Waals surface area contributed by atoms with Gasteiger partial charge < -0.3 is 0 Å². The molecule has 0 heterocycles. The molecule has 2 aliphatic rings. The summed E-state index contributed by atoms with van der Waals surface area (Å²) in [5.41, 5.74) is 4.76. The monoisotopic (exact) mass is 578 g/mol. The first kappa shape index (κ1) is 26.7. The van der Waals surface area contributed by atoms with Crippen LogP contribution < -0.4 is 0 Å². The maximum absolute atomic E-state index is 5.12. The average molecular weight is 579 g/mol. The quantitative estimate of drug-likeness (QED) is 0.121. The third-order valence-corrected chi connectivity index (χ3v) is 12.0. The van der Waals surface area contributed by atoms with Crippen molar-refractivity contribution in [1.29, 1.82) is 0 Å². The van der Waals surface area contributed by atoms with Crippen molar-refractivity contribution in [3.05, 3.63) is 156 Å². The molecule has 39 heavy (non-hydrogen) atoms. The highest BCUT2D eigenvalue weighted by atomic mass is 32.2. The molecule has 4 heteroatoms. The van der Waals surface area contributed by atoms with Gasteiger partial charge in [-0.05, 0) is 40.5 Å². The maximum atomic E-state index is 5.12.